The molecule has 3 rings (SSSR count). The monoisotopic (exact) mass is 307 g/mol. The molecule has 3 heteroatoms. The van der Waals surface area contributed by atoms with Gasteiger partial charge in [0.2, 0.25) is 0 Å². The Bertz CT molecular complexity index is 795. The summed E-state index contributed by atoms with van der Waals surface area (Å²) in [6.45, 7) is 8.67. The number of hydrogen-bond acceptors (Lipinski definition) is 2. The second-order valence-electron chi connectivity index (χ2n) is 7.15. The molecule has 0 fully saturated rings. The zero-order valence-electron chi connectivity index (χ0n) is 14.4. The van der Waals surface area contributed by atoms with Crippen molar-refractivity contribution in [3.8, 4) is 0 Å². The lowest BCUT2D eigenvalue weighted by Crippen LogP contribution is -2.27. The van der Waals surface area contributed by atoms with Crippen molar-refractivity contribution in [2.75, 3.05) is 5.32 Å². The van der Waals surface area contributed by atoms with Gasteiger partial charge in [-0.15, -0.1) is 0 Å². The molecule has 0 aliphatic carbocycles. The van der Waals surface area contributed by atoms with Gasteiger partial charge in [0.1, 0.15) is 11.5 Å². The molecule has 2 aromatic heterocycles. The highest BCUT2D eigenvalue weighted by molar-refractivity contribution is 5.59. The van der Waals surface area contributed by atoms with Crippen LogP contribution in [0.2, 0.25) is 0 Å². The fourth-order valence-corrected chi connectivity index (χ4v) is 2.82. The first kappa shape index (κ1) is 15.6. The molecule has 0 saturated carbocycles. The van der Waals surface area contributed by atoms with Gasteiger partial charge < -0.3 is 5.32 Å². The van der Waals surface area contributed by atoms with Crippen molar-refractivity contribution in [3.63, 3.8) is 0 Å². The van der Waals surface area contributed by atoms with Crippen LogP contribution in [0.5, 0.6) is 0 Å². The highest BCUT2D eigenvalue weighted by atomic mass is 15.2. The Morgan fingerprint density at radius 2 is 1.74 bits per heavy atom. The van der Waals surface area contributed by atoms with Crippen molar-refractivity contribution in [2.45, 2.75) is 46.1 Å². The molecule has 0 aliphatic heterocycles. The average Bonchev–Trinajstić information content (AvgIpc) is 2.84. The highest BCUT2D eigenvalue weighted by Crippen LogP contribution is 2.25. The molecule has 0 bridgehead atoms. The van der Waals surface area contributed by atoms with Crippen LogP contribution in [0.15, 0.2) is 48.7 Å². The molecular weight excluding hydrogens is 282 g/mol. The quantitative estimate of drug-likeness (QED) is 0.761. The summed E-state index contributed by atoms with van der Waals surface area (Å²) in [6, 6.07) is 14.8. The summed E-state index contributed by atoms with van der Waals surface area (Å²) in [7, 11) is 0. The number of anilines is 1. The van der Waals surface area contributed by atoms with E-state index in [4.69, 9.17) is 4.98 Å². The van der Waals surface area contributed by atoms with Gasteiger partial charge in [-0.25, -0.2) is 4.98 Å². The Morgan fingerprint density at radius 3 is 2.43 bits per heavy atom. The summed E-state index contributed by atoms with van der Waals surface area (Å²) in [5.74, 6) is 1.12. The molecule has 0 saturated heterocycles. The first-order valence-electron chi connectivity index (χ1n) is 8.23. The smallest absolute Gasteiger partial charge is 0.141 e. The van der Waals surface area contributed by atoms with Gasteiger partial charge in [0.15, 0.2) is 0 Å². The Kier molecular flexibility index (Phi) is 4.12. The minimum absolute atomic E-state index is 0.00120. The van der Waals surface area contributed by atoms with E-state index in [0.29, 0.717) is 0 Å². The van der Waals surface area contributed by atoms with E-state index in [1.807, 2.05) is 0 Å². The van der Waals surface area contributed by atoms with Crippen LogP contribution in [-0.2, 0) is 12.8 Å². The Labute approximate surface area is 138 Å². The van der Waals surface area contributed by atoms with Crippen molar-refractivity contribution >= 4 is 11.5 Å². The third-order valence-corrected chi connectivity index (χ3v) is 3.90. The fraction of sp³-hybridized carbons (Fsp3) is 0.350. The van der Waals surface area contributed by atoms with Crippen molar-refractivity contribution in [1.29, 1.82) is 0 Å². The van der Waals surface area contributed by atoms with Crippen LogP contribution in [-0.4, -0.2) is 14.9 Å². The van der Waals surface area contributed by atoms with Crippen LogP contribution in [0.25, 0.3) is 5.65 Å². The summed E-state index contributed by atoms with van der Waals surface area (Å²) in [4.78, 5) is 4.91. The van der Waals surface area contributed by atoms with Crippen molar-refractivity contribution < 1.29 is 0 Å². The molecule has 3 nitrogen and oxygen atoms in total. The van der Waals surface area contributed by atoms with Gasteiger partial charge in [-0.3, -0.25) is 4.40 Å². The van der Waals surface area contributed by atoms with Crippen LogP contribution >= 0.6 is 0 Å². The van der Waals surface area contributed by atoms with Gasteiger partial charge in [0.25, 0.3) is 0 Å². The van der Waals surface area contributed by atoms with Gasteiger partial charge in [-0.05, 0) is 57.7 Å². The zero-order valence-corrected chi connectivity index (χ0v) is 14.4. The van der Waals surface area contributed by atoms with E-state index >= 15 is 0 Å². The van der Waals surface area contributed by atoms with Crippen LogP contribution in [0.3, 0.4) is 0 Å². The maximum absolute atomic E-state index is 4.91. The van der Waals surface area contributed by atoms with Crippen LogP contribution in [0, 0.1) is 6.92 Å². The molecule has 0 unspecified atom stereocenters. The second-order valence-corrected chi connectivity index (χ2v) is 7.15. The maximum atomic E-state index is 4.91. The van der Waals surface area contributed by atoms with Crippen LogP contribution < -0.4 is 5.32 Å². The normalized spacial score (nSPS) is 11.8. The van der Waals surface area contributed by atoms with Gasteiger partial charge in [0.05, 0.1) is 5.69 Å². The molecule has 0 atom stereocenters. The van der Waals surface area contributed by atoms with E-state index in [1.165, 1.54) is 11.1 Å². The number of aromatic nitrogens is 2. The number of benzene rings is 1. The lowest BCUT2D eigenvalue weighted by Gasteiger charge is -2.22. The lowest BCUT2D eigenvalue weighted by atomic mass is 10.1. The molecule has 1 aromatic carbocycles. The first-order valence-corrected chi connectivity index (χ1v) is 8.23. The minimum Gasteiger partial charge on any atom is -0.365 e. The molecule has 1 N–H and O–H groups in total. The van der Waals surface area contributed by atoms with E-state index in [1.54, 1.807) is 0 Å². The van der Waals surface area contributed by atoms with E-state index in [-0.39, 0.29) is 5.54 Å². The van der Waals surface area contributed by atoms with Crippen molar-refractivity contribution in [2.24, 2.45) is 0 Å². The third-order valence-electron chi connectivity index (χ3n) is 3.90. The molecule has 0 radical (unpaired) electrons. The fourth-order valence-electron chi connectivity index (χ4n) is 2.82. The number of rotatable bonds is 4. The van der Waals surface area contributed by atoms with Gasteiger partial charge in [0, 0.05) is 11.7 Å². The number of pyridine rings is 1. The van der Waals surface area contributed by atoms with Crippen molar-refractivity contribution in [1.82, 2.24) is 9.38 Å². The molecule has 2 heterocycles. The predicted octanol–water partition coefficient (Wildman–Crippen LogP) is 4.64. The summed E-state index contributed by atoms with van der Waals surface area (Å²) >= 11 is 0. The Hall–Kier alpha value is -2.29. The van der Waals surface area contributed by atoms with Crippen LogP contribution in [0.4, 0.5) is 5.82 Å². The minimum atomic E-state index is 0.00120. The number of nitrogens with one attached hydrogen (secondary N) is 1. The number of nitrogens with zero attached hydrogens (tertiary/aromatic N) is 2. The van der Waals surface area contributed by atoms with E-state index in [0.717, 1.165) is 30.0 Å². The molecule has 0 aliphatic rings. The lowest BCUT2D eigenvalue weighted by molar-refractivity contribution is 0.627. The van der Waals surface area contributed by atoms with Gasteiger partial charge >= 0.3 is 0 Å². The molecule has 0 spiro atoms. The first-order chi connectivity index (χ1) is 10.9. The standard InChI is InChI=1S/C20H25N3/c1-15-9-8-14-23-18(15)21-17(19(23)22-20(2,3)4)13-12-16-10-6-5-7-11-16/h5-11,14,22H,12-13H2,1-4H3. The molecular formula is C20H25N3. The topological polar surface area (TPSA) is 29.3 Å². The van der Waals surface area contributed by atoms with Crippen molar-refractivity contribution in [3.05, 3.63) is 65.5 Å². The van der Waals surface area contributed by atoms with E-state index < -0.39 is 0 Å². The van der Waals surface area contributed by atoms with Crippen LogP contribution in [0.1, 0.15) is 37.6 Å². The number of imidazole rings is 1. The Balaban J connectivity index is 1.97. The Morgan fingerprint density at radius 1 is 1.00 bits per heavy atom. The van der Waals surface area contributed by atoms with Gasteiger partial charge in [-0.1, -0.05) is 36.4 Å². The summed E-state index contributed by atoms with van der Waals surface area (Å²) in [5, 5.41) is 3.64. The maximum Gasteiger partial charge on any atom is 0.141 e. The number of fused-ring (bicyclic) bond motifs is 1. The molecule has 3 aromatic rings. The summed E-state index contributed by atoms with van der Waals surface area (Å²) in [5.41, 5.74) is 4.74. The zero-order chi connectivity index (χ0) is 16.4. The molecule has 120 valence electrons. The SMILES string of the molecule is Cc1cccn2c(NC(C)(C)C)c(CCc3ccccc3)nc12. The van der Waals surface area contributed by atoms with E-state index in [9.17, 15) is 0 Å². The number of hydrogen-bond donors (Lipinski definition) is 1. The second kappa shape index (κ2) is 6.07. The largest absolute Gasteiger partial charge is 0.365 e. The summed E-state index contributed by atoms with van der Waals surface area (Å²) in [6.07, 6.45) is 4.03. The molecule has 0 amide bonds. The number of aryl methyl sites for hydroxylation is 3. The predicted molar refractivity (Wildman–Crippen MR) is 97.2 cm³/mol. The van der Waals surface area contributed by atoms with Gasteiger partial charge in [-0.2, -0.15) is 0 Å². The highest BCUT2D eigenvalue weighted by Gasteiger charge is 2.18. The average molecular weight is 307 g/mol. The molecule has 23 heavy (non-hydrogen) atoms. The van der Waals surface area contributed by atoms with E-state index in [2.05, 4.69) is 86.1 Å². The summed E-state index contributed by atoms with van der Waals surface area (Å²) < 4.78 is 2.18. The third kappa shape index (κ3) is 3.55.